The Bertz CT molecular complexity index is 332. The molecular weight excluding hydrogens is 170 g/mol. The molecule has 0 aromatic carbocycles. The Balaban J connectivity index is 2.36. The number of rotatable bonds is 1. The first kappa shape index (κ1) is 8.22. The Kier molecular flexibility index (Phi) is 2.00. The molecule has 13 heavy (non-hydrogen) atoms. The molecule has 0 N–H and O–H groups in total. The van der Waals surface area contributed by atoms with Crippen LogP contribution in [-0.4, -0.2) is 27.8 Å². The average molecular weight is 181 g/mol. The Morgan fingerprint density at radius 2 is 2.31 bits per heavy atom. The molecule has 1 aliphatic rings. The SMILES string of the molecule is COC(=O)c1nnc2n1CCCC2. The highest BCUT2D eigenvalue weighted by molar-refractivity contribution is 5.85. The summed E-state index contributed by atoms with van der Waals surface area (Å²) in [6.45, 7) is 0.826. The molecule has 2 rings (SSSR count). The normalized spacial score (nSPS) is 15.2. The van der Waals surface area contributed by atoms with Crippen molar-refractivity contribution in [1.82, 2.24) is 14.8 Å². The van der Waals surface area contributed by atoms with Crippen LogP contribution in [0.1, 0.15) is 29.3 Å². The lowest BCUT2D eigenvalue weighted by Gasteiger charge is -2.13. The summed E-state index contributed by atoms with van der Waals surface area (Å²) in [6, 6.07) is 0. The van der Waals surface area contributed by atoms with Crippen LogP contribution in [0, 0.1) is 0 Å². The maximum absolute atomic E-state index is 11.2. The number of aryl methyl sites for hydroxylation is 1. The van der Waals surface area contributed by atoms with Crippen LogP contribution >= 0.6 is 0 Å². The lowest BCUT2D eigenvalue weighted by Crippen LogP contribution is -2.17. The molecule has 0 bridgehead atoms. The summed E-state index contributed by atoms with van der Waals surface area (Å²) >= 11 is 0. The molecule has 2 heterocycles. The van der Waals surface area contributed by atoms with Gasteiger partial charge in [-0.3, -0.25) is 0 Å². The van der Waals surface area contributed by atoms with E-state index in [2.05, 4.69) is 14.9 Å². The van der Waals surface area contributed by atoms with Gasteiger partial charge in [0.25, 0.3) is 0 Å². The van der Waals surface area contributed by atoms with Crippen LogP contribution in [0.3, 0.4) is 0 Å². The maximum atomic E-state index is 11.2. The zero-order valence-corrected chi connectivity index (χ0v) is 7.49. The molecule has 0 radical (unpaired) electrons. The number of hydrogen-bond acceptors (Lipinski definition) is 4. The van der Waals surface area contributed by atoms with E-state index in [1.54, 1.807) is 0 Å². The maximum Gasteiger partial charge on any atom is 0.376 e. The van der Waals surface area contributed by atoms with Gasteiger partial charge in [0, 0.05) is 13.0 Å². The molecule has 0 amide bonds. The second-order valence-corrected chi connectivity index (χ2v) is 3.04. The third-order valence-electron chi connectivity index (χ3n) is 2.23. The molecule has 5 heteroatoms. The van der Waals surface area contributed by atoms with Crippen molar-refractivity contribution in [3.05, 3.63) is 11.6 Å². The van der Waals surface area contributed by atoms with E-state index in [-0.39, 0.29) is 0 Å². The quantitative estimate of drug-likeness (QED) is 0.588. The van der Waals surface area contributed by atoms with Crippen molar-refractivity contribution < 1.29 is 9.53 Å². The third kappa shape index (κ3) is 1.30. The number of carbonyl (C=O) groups is 1. The van der Waals surface area contributed by atoms with Gasteiger partial charge in [-0.05, 0) is 12.8 Å². The predicted octanol–water partition coefficient (Wildman–Crippen LogP) is 0.401. The van der Waals surface area contributed by atoms with E-state index in [4.69, 9.17) is 0 Å². The van der Waals surface area contributed by atoms with Crippen molar-refractivity contribution in [2.75, 3.05) is 7.11 Å². The van der Waals surface area contributed by atoms with Gasteiger partial charge in [-0.15, -0.1) is 10.2 Å². The number of nitrogens with zero attached hydrogens (tertiary/aromatic N) is 3. The summed E-state index contributed by atoms with van der Waals surface area (Å²) < 4.78 is 6.44. The monoisotopic (exact) mass is 181 g/mol. The summed E-state index contributed by atoms with van der Waals surface area (Å²) in [5.41, 5.74) is 0. The van der Waals surface area contributed by atoms with Crippen molar-refractivity contribution in [3.8, 4) is 0 Å². The Hall–Kier alpha value is -1.39. The Labute approximate surface area is 75.7 Å². The van der Waals surface area contributed by atoms with Gasteiger partial charge in [0.1, 0.15) is 5.82 Å². The second-order valence-electron chi connectivity index (χ2n) is 3.04. The highest BCUT2D eigenvalue weighted by atomic mass is 16.5. The molecule has 0 unspecified atom stereocenters. The number of aromatic nitrogens is 3. The fraction of sp³-hybridized carbons (Fsp3) is 0.625. The van der Waals surface area contributed by atoms with Gasteiger partial charge in [-0.1, -0.05) is 0 Å². The highest BCUT2D eigenvalue weighted by Crippen LogP contribution is 2.14. The van der Waals surface area contributed by atoms with Gasteiger partial charge < -0.3 is 9.30 Å². The highest BCUT2D eigenvalue weighted by Gasteiger charge is 2.20. The topological polar surface area (TPSA) is 57.0 Å². The first-order valence-electron chi connectivity index (χ1n) is 4.33. The van der Waals surface area contributed by atoms with Crippen molar-refractivity contribution in [2.24, 2.45) is 0 Å². The van der Waals surface area contributed by atoms with Gasteiger partial charge in [-0.25, -0.2) is 4.79 Å². The minimum atomic E-state index is -0.402. The standard InChI is InChI=1S/C8H11N3O2/c1-13-8(12)7-10-9-6-4-2-3-5-11(6)7/h2-5H2,1H3. The molecule has 5 nitrogen and oxygen atoms in total. The third-order valence-corrected chi connectivity index (χ3v) is 2.23. The lowest BCUT2D eigenvalue weighted by molar-refractivity contribution is 0.0579. The van der Waals surface area contributed by atoms with E-state index < -0.39 is 5.97 Å². The number of esters is 1. The van der Waals surface area contributed by atoms with Gasteiger partial charge in [0.05, 0.1) is 7.11 Å². The predicted molar refractivity (Wildman–Crippen MR) is 44.3 cm³/mol. The molecule has 0 saturated carbocycles. The molecule has 0 aliphatic carbocycles. The van der Waals surface area contributed by atoms with Gasteiger partial charge in [0.15, 0.2) is 0 Å². The van der Waals surface area contributed by atoms with Crippen LogP contribution in [0.4, 0.5) is 0 Å². The molecule has 1 aromatic heterocycles. The van der Waals surface area contributed by atoms with Crippen molar-refractivity contribution >= 4 is 5.97 Å². The molecule has 0 spiro atoms. The van der Waals surface area contributed by atoms with Crippen molar-refractivity contribution in [2.45, 2.75) is 25.8 Å². The van der Waals surface area contributed by atoms with Crippen LogP contribution in [0.2, 0.25) is 0 Å². The Morgan fingerprint density at radius 3 is 3.08 bits per heavy atom. The number of fused-ring (bicyclic) bond motifs is 1. The van der Waals surface area contributed by atoms with Crippen LogP contribution < -0.4 is 0 Å². The average Bonchev–Trinajstić information content (AvgIpc) is 2.60. The minimum Gasteiger partial charge on any atom is -0.463 e. The first-order chi connectivity index (χ1) is 6.33. The summed E-state index contributed by atoms with van der Waals surface area (Å²) in [5.74, 6) is 0.824. The Morgan fingerprint density at radius 1 is 1.46 bits per heavy atom. The van der Waals surface area contributed by atoms with Crippen molar-refractivity contribution in [1.29, 1.82) is 0 Å². The number of hydrogen-bond donors (Lipinski definition) is 0. The summed E-state index contributed by atoms with van der Waals surface area (Å²) in [4.78, 5) is 11.2. The molecule has 70 valence electrons. The van der Waals surface area contributed by atoms with E-state index in [0.29, 0.717) is 5.82 Å². The zero-order valence-electron chi connectivity index (χ0n) is 7.49. The van der Waals surface area contributed by atoms with E-state index >= 15 is 0 Å². The molecule has 0 atom stereocenters. The van der Waals surface area contributed by atoms with Gasteiger partial charge in [0.2, 0.25) is 5.82 Å². The molecule has 1 aromatic rings. The smallest absolute Gasteiger partial charge is 0.376 e. The van der Waals surface area contributed by atoms with E-state index in [9.17, 15) is 4.79 Å². The fourth-order valence-corrected chi connectivity index (χ4v) is 1.55. The molecular formula is C8H11N3O2. The first-order valence-corrected chi connectivity index (χ1v) is 4.33. The lowest BCUT2D eigenvalue weighted by atomic mass is 10.2. The van der Waals surface area contributed by atoms with Crippen LogP contribution in [0.25, 0.3) is 0 Å². The van der Waals surface area contributed by atoms with E-state index in [0.717, 1.165) is 31.6 Å². The van der Waals surface area contributed by atoms with Crippen molar-refractivity contribution in [3.63, 3.8) is 0 Å². The van der Waals surface area contributed by atoms with E-state index in [1.807, 2.05) is 4.57 Å². The fourth-order valence-electron chi connectivity index (χ4n) is 1.55. The summed E-state index contributed by atoms with van der Waals surface area (Å²) in [7, 11) is 1.35. The number of carbonyl (C=O) groups excluding carboxylic acids is 1. The van der Waals surface area contributed by atoms with Crippen LogP contribution in [0.5, 0.6) is 0 Å². The van der Waals surface area contributed by atoms with Gasteiger partial charge in [-0.2, -0.15) is 0 Å². The van der Waals surface area contributed by atoms with Crippen LogP contribution in [0.15, 0.2) is 0 Å². The van der Waals surface area contributed by atoms with Crippen LogP contribution in [-0.2, 0) is 17.7 Å². The van der Waals surface area contributed by atoms with Gasteiger partial charge >= 0.3 is 5.97 Å². The van der Waals surface area contributed by atoms with E-state index in [1.165, 1.54) is 7.11 Å². The summed E-state index contributed by atoms with van der Waals surface area (Å²) in [5, 5.41) is 7.74. The number of ether oxygens (including phenoxy) is 1. The molecule has 1 aliphatic heterocycles. The second kappa shape index (κ2) is 3.16. The minimum absolute atomic E-state index is 0.331. The zero-order chi connectivity index (χ0) is 9.26. The summed E-state index contributed by atoms with van der Waals surface area (Å²) in [6.07, 6.45) is 3.11. The molecule has 0 fully saturated rings. The number of methoxy groups -OCH3 is 1. The largest absolute Gasteiger partial charge is 0.463 e. The molecule has 0 saturated heterocycles.